The molecule has 1 atom stereocenters. The fourth-order valence-corrected chi connectivity index (χ4v) is 3.12. The molecule has 1 aliphatic rings. The number of carbonyl (C=O) groups excluding carboxylic acids is 1. The summed E-state index contributed by atoms with van der Waals surface area (Å²) >= 11 is 5.86. The van der Waals surface area contributed by atoms with Crippen molar-refractivity contribution in [3.63, 3.8) is 0 Å². The van der Waals surface area contributed by atoms with Crippen LogP contribution < -0.4 is 20.7 Å². The van der Waals surface area contributed by atoms with Crippen molar-refractivity contribution in [2.45, 2.75) is 12.3 Å². The lowest BCUT2D eigenvalue weighted by Crippen LogP contribution is -2.42. The Bertz CT molecular complexity index is 814. The Balaban J connectivity index is 0.00000280. The highest BCUT2D eigenvalue weighted by Gasteiger charge is 2.24. The van der Waals surface area contributed by atoms with Gasteiger partial charge in [0.25, 0.3) is 0 Å². The molecule has 150 valence electrons. The summed E-state index contributed by atoms with van der Waals surface area (Å²) in [6.07, 6.45) is 0.459. The molecule has 3 rings (SSSR count). The molecule has 2 aromatic carbocycles. The summed E-state index contributed by atoms with van der Waals surface area (Å²) in [4.78, 5) is 16.1. The average Bonchev–Trinajstić information content (AvgIpc) is 2.68. The number of aliphatic imine (C=N–C) groups is 1. The maximum absolute atomic E-state index is 11.9. The number of halogens is 2. The molecule has 28 heavy (non-hydrogen) atoms. The second-order valence-corrected chi connectivity index (χ2v) is 6.66. The fraction of sp³-hybridized carbons (Fsp3) is 0.300. The lowest BCUT2D eigenvalue weighted by molar-refractivity contribution is -0.116. The number of fused-ring (bicyclic) bond motifs is 1. The van der Waals surface area contributed by atoms with E-state index in [0.29, 0.717) is 37.1 Å². The van der Waals surface area contributed by atoms with E-state index in [1.165, 1.54) is 0 Å². The van der Waals surface area contributed by atoms with Crippen molar-refractivity contribution in [3.8, 4) is 5.75 Å². The van der Waals surface area contributed by atoms with Gasteiger partial charge in [-0.05, 0) is 35.9 Å². The molecular formula is C20H24ClIN4O2. The topological polar surface area (TPSA) is 74.8 Å². The van der Waals surface area contributed by atoms with E-state index in [0.717, 1.165) is 17.0 Å². The Kier molecular flexibility index (Phi) is 8.85. The van der Waals surface area contributed by atoms with Gasteiger partial charge in [-0.3, -0.25) is 9.79 Å². The van der Waals surface area contributed by atoms with Crippen LogP contribution in [0.5, 0.6) is 5.75 Å². The molecular weight excluding hydrogens is 491 g/mol. The van der Waals surface area contributed by atoms with Gasteiger partial charge in [0.15, 0.2) is 5.96 Å². The second kappa shape index (κ2) is 11.1. The van der Waals surface area contributed by atoms with E-state index >= 15 is 0 Å². The Morgan fingerprint density at radius 3 is 2.71 bits per heavy atom. The number of carbonyl (C=O) groups is 1. The molecule has 0 bridgehead atoms. The lowest BCUT2D eigenvalue weighted by atomic mass is 9.90. The van der Waals surface area contributed by atoms with E-state index < -0.39 is 0 Å². The molecule has 6 nitrogen and oxygen atoms in total. The SMILES string of the molecule is CN=C(NCCOc1ccc(Cl)cc1)NCC1CC(=O)Nc2ccccc21.I. The molecule has 0 aliphatic carbocycles. The Morgan fingerprint density at radius 2 is 1.96 bits per heavy atom. The quantitative estimate of drug-likeness (QED) is 0.238. The van der Waals surface area contributed by atoms with Crippen molar-refractivity contribution < 1.29 is 9.53 Å². The summed E-state index contributed by atoms with van der Waals surface area (Å²) in [5.41, 5.74) is 2.03. The van der Waals surface area contributed by atoms with Gasteiger partial charge >= 0.3 is 0 Å². The van der Waals surface area contributed by atoms with E-state index in [1.54, 1.807) is 19.2 Å². The van der Waals surface area contributed by atoms with Gasteiger partial charge in [0.05, 0.1) is 6.54 Å². The number of rotatable bonds is 6. The zero-order chi connectivity index (χ0) is 19.1. The number of guanidine groups is 1. The van der Waals surface area contributed by atoms with Crippen LogP contribution in [0.25, 0.3) is 0 Å². The predicted molar refractivity (Wildman–Crippen MR) is 124 cm³/mol. The third kappa shape index (κ3) is 6.27. The number of ether oxygens (including phenoxy) is 1. The maximum Gasteiger partial charge on any atom is 0.225 e. The first kappa shape index (κ1) is 22.3. The minimum atomic E-state index is 0. The van der Waals surface area contributed by atoms with Gasteiger partial charge in [-0.25, -0.2) is 0 Å². The molecule has 0 saturated carbocycles. The predicted octanol–water partition coefficient (Wildman–Crippen LogP) is 3.63. The van der Waals surface area contributed by atoms with Gasteiger partial charge in [0.1, 0.15) is 12.4 Å². The standard InChI is InChI=1S/C20H23ClN4O2.HI/c1-22-20(23-10-11-27-16-8-6-15(21)7-9-16)24-13-14-12-19(26)25-18-5-3-2-4-17(14)18;/h2-9,14H,10-13H2,1H3,(H,25,26)(H2,22,23,24);1H. The molecule has 0 aromatic heterocycles. The first-order chi connectivity index (χ1) is 13.2. The highest BCUT2D eigenvalue weighted by Crippen LogP contribution is 2.31. The molecule has 2 aromatic rings. The van der Waals surface area contributed by atoms with Crippen LogP contribution in [-0.2, 0) is 4.79 Å². The summed E-state index contributed by atoms with van der Waals surface area (Å²) in [6, 6.07) is 15.2. The number of benzene rings is 2. The van der Waals surface area contributed by atoms with Crippen molar-refractivity contribution in [2.24, 2.45) is 4.99 Å². The summed E-state index contributed by atoms with van der Waals surface area (Å²) in [5, 5.41) is 10.1. The molecule has 0 radical (unpaired) electrons. The van der Waals surface area contributed by atoms with Crippen LogP contribution in [-0.4, -0.2) is 38.6 Å². The van der Waals surface area contributed by atoms with Crippen LogP contribution in [0, 0.1) is 0 Å². The second-order valence-electron chi connectivity index (χ2n) is 6.22. The molecule has 3 N–H and O–H groups in total. The van der Waals surface area contributed by atoms with E-state index in [1.807, 2.05) is 30.3 Å². The average molecular weight is 515 g/mol. The van der Waals surface area contributed by atoms with Crippen LogP contribution in [0.15, 0.2) is 53.5 Å². The fourth-order valence-electron chi connectivity index (χ4n) is 2.99. The van der Waals surface area contributed by atoms with Gasteiger partial charge in [-0.2, -0.15) is 0 Å². The monoisotopic (exact) mass is 514 g/mol. The zero-order valence-corrected chi connectivity index (χ0v) is 18.7. The van der Waals surface area contributed by atoms with Gasteiger partial charge in [0, 0.05) is 36.6 Å². The van der Waals surface area contributed by atoms with E-state index in [-0.39, 0.29) is 35.8 Å². The first-order valence-electron chi connectivity index (χ1n) is 8.87. The van der Waals surface area contributed by atoms with Crippen molar-refractivity contribution >= 4 is 53.1 Å². The van der Waals surface area contributed by atoms with Crippen LogP contribution in [0.2, 0.25) is 5.02 Å². The minimum Gasteiger partial charge on any atom is -0.492 e. The summed E-state index contributed by atoms with van der Waals surface area (Å²) < 4.78 is 5.65. The van der Waals surface area contributed by atoms with Crippen LogP contribution in [0.3, 0.4) is 0 Å². The first-order valence-corrected chi connectivity index (χ1v) is 9.25. The normalized spacial score (nSPS) is 15.7. The van der Waals surface area contributed by atoms with Crippen LogP contribution in [0.1, 0.15) is 17.9 Å². The Hall–Kier alpha value is -2.00. The van der Waals surface area contributed by atoms with Crippen molar-refractivity contribution in [3.05, 3.63) is 59.1 Å². The van der Waals surface area contributed by atoms with Gasteiger partial charge in [-0.1, -0.05) is 29.8 Å². The Morgan fingerprint density at radius 1 is 1.21 bits per heavy atom. The number of hydrogen-bond acceptors (Lipinski definition) is 3. The van der Waals surface area contributed by atoms with Gasteiger partial charge in [-0.15, -0.1) is 24.0 Å². The smallest absolute Gasteiger partial charge is 0.225 e. The summed E-state index contributed by atoms with van der Waals surface area (Å²) in [5.74, 6) is 1.60. The molecule has 0 fully saturated rings. The van der Waals surface area contributed by atoms with Crippen LogP contribution in [0.4, 0.5) is 5.69 Å². The third-order valence-corrected chi connectivity index (χ3v) is 4.57. The van der Waals surface area contributed by atoms with E-state index in [9.17, 15) is 4.79 Å². The van der Waals surface area contributed by atoms with E-state index in [2.05, 4.69) is 27.0 Å². The molecule has 1 amide bonds. The maximum atomic E-state index is 11.9. The highest BCUT2D eigenvalue weighted by molar-refractivity contribution is 14.0. The molecule has 1 heterocycles. The minimum absolute atomic E-state index is 0. The molecule has 8 heteroatoms. The number of anilines is 1. The van der Waals surface area contributed by atoms with Crippen molar-refractivity contribution in [1.82, 2.24) is 10.6 Å². The largest absolute Gasteiger partial charge is 0.492 e. The lowest BCUT2D eigenvalue weighted by Gasteiger charge is -2.26. The number of amides is 1. The molecule has 1 aliphatic heterocycles. The van der Waals surface area contributed by atoms with E-state index in [4.69, 9.17) is 16.3 Å². The molecule has 1 unspecified atom stereocenters. The highest BCUT2D eigenvalue weighted by atomic mass is 127. The summed E-state index contributed by atoms with van der Waals surface area (Å²) in [7, 11) is 1.72. The number of nitrogens with zero attached hydrogens (tertiary/aromatic N) is 1. The number of nitrogens with one attached hydrogen (secondary N) is 3. The Labute approximate surface area is 187 Å². The third-order valence-electron chi connectivity index (χ3n) is 4.32. The summed E-state index contributed by atoms with van der Waals surface area (Å²) in [6.45, 7) is 1.73. The van der Waals surface area contributed by atoms with Crippen molar-refractivity contribution in [2.75, 3.05) is 32.1 Å². The van der Waals surface area contributed by atoms with Gasteiger partial charge < -0.3 is 20.7 Å². The molecule has 0 saturated heterocycles. The number of hydrogen-bond donors (Lipinski definition) is 3. The van der Waals surface area contributed by atoms with Crippen LogP contribution >= 0.6 is 35.6 Å². The molecule has 0 spiro atoms. The zero-order valence-electron chi connectivity index (χ0n) is 15.6. The number of para-hydroxylation sites is 1. The van der Waals surface area contributed by atoms with Crippen molar-refractivity contribution in [1.29, 1.82) is 0 Å². The van der Waals surface area contributed by atoms with Gasteiger partial charge in [0.2, 0.25) is 5.91 Å².